The molecule has 1 rings (SSSR count). The van der Waals surface area contributed by atoms with Crippen molar-refractivity contribution in [2.75, 3.05) is 31.6 Å². The number of aromatic nitrogens is 1. The third-order valence-corrected chi connectivity index (χ3v) is 4.38. The Bertz CT molecular complexity index is 379. The molecule has 0 saturated heterocycles. The van der Waals surface area contributed by atoms with Gasteiger partial charge in [0.25, 0.3) is 0 Å². The molecule has 0 bridgehead atoms. The standard InChI is InChI=1S/C14H27N3OS/c1-7-15-11(4)13-12(5)16-14(19-13)17(6)8-9-18-10(2)3/h10-11,15H,7-9H2,1-6H3. The smallest absolute Gasteiger partial charge is 0.185 e. The molecule has 1 N–H and O–H groups in total. The maximum atomic E-state index is 5.58. The molecule has 5 heteroatoms. The van der Waals surface area contributed by atoms with Crippen LogP contribution in [-0.2, 0) is 4.74 Å². The fraction of sp³-hybridized carbons (Fsp3) is 0.786. The van der Waals surface area contributed by atoms with Crippen LogP contribution in [0.3, 0.4) is 0 Å². The van der Waals surface area contributed by atoms with Crippen molar-refractivity contribution in [3.05, 3.63) is 10.6 Å². The number of nitrogens with zero attached hydrogens (tertiary/aromatic N) is 2. The van der Waals surface area contributed by atoms with Gasteiger partial charge in [0, 0.05) is 24.5 Å². The molecule has 0 aliphatic heterocycles. The van der Waals surface area contributed by atoms with Gasteiger partial charge in [-0.15, -0.1) is 11.3 Å². The Labute approximate surface area is 121 Å². The Morgan fingerprint density at radius 2 is 2.05 bits per heavy atom. The van der Waals surface area contributed by atoms with Gasteiger partial charge < -0.3 is 15.0 Å². The van der Waals surface area contributed by atoms with Gasteiger partial charge in [0.2, 0.25) is 0 Å². The molecule has 19 heavy (non-hydrogen) atoms. The van der Waals surface area contributed by atoms with Crippen molar-refractivity contribution in [2.24, 2.45) is 0 Å². The molecule has 0 fully saturated rings. The molecule has 110 valence electrons. The number of ether oxygens (including phenoxy) is 1. The Morgan fingerprint density at radius 1 is 1.37 bits per heavy atom. The highest BCUT2D eigenvalue weighted by Gasteiger charge is 2.15. The third kappa shape index (κ3) is 5.09. The minimum atomic E-state index is 0.288. The SMILES string of the molecule is CCNC(C)c1sc(N(C)CCOC(C)C)nc1C. The summed E-state index contributed by atoms with van der Waals surface area (Å²) in [7, 11) is 2.07. The zero-order chi connectivity index (χ0) is 14.4. The van der Waals surface area contributed by atoms with Crippen LogP contribution in [0.2, 0.25) is 0 Å². The van der Waals surface area contributed by atoms with Gasteiger partial charge in [-0.05, 0) is 34.2 Å². The van der Waals surface area contributed by atoms with E-state index in [0.717, 1.165) is 30.5 Å². The molecule has 1 aromatic rings. The van der Waals surface area contributed by atoms with Crippen molar-refractivity contribution in [2.45, 2.75) is 46.8 Å². The van der Waals surface area contributed by atoms with Gasteiger partial charge in [-0.2, -0.15) is 0 Å². The molecule has 0 saturated carbocycles. The first-order valence-electron chi connectivity index (χ1n) is 6.99. The number of hydrogen-bond donors (Lipinski definition) is 1. The van der Waals surface area contributed by atoms with Gasteiger partial charge >= 0.3 is 0 Å². The lowest BCUT2D eigenvalue weighted by atomic mass is 10.2. The summed E-state index contributed by atoms with van der Waals surface area (Å²) in [6.07, 6.45) is 0.288. The highest BCUT2D eigenvalue weighted by Crippen LogP contribution is 2.29. The summed E-state index contributed by atoms with van der Waals surface area (Å²) in [5, 5.41) is 4.51. The van der Waals surface area contributed by atoms with Crippen LogP contribution in [0.4, 0.5) is 5.13 Å². The zero-order valence-corrected chi connectivity index (χ0v) is 13.8. The minimum Gasteiger partial charge on any atom is -0.377 e. The van der Waals surface area contributed by atoms with E-state index in [2.05, 4.69) is 56.9 Å². The second-order valence-corrected chi connectivity index (χ2v) is 6.08. The molecule has 0 aliphatic rings. The fourth-order valence-electron chi connectivity index (χ4n) is 1.88. The number of anilines is 1. The van der Waals surface area contributed by atoms with Crippen molar-refractivity contribution in [3.8, 4) is 0 Å². The van der Waals surface area contributed by atoms with E-state index in [0.29, 0.717) is 6.04 Å². The summed E-state index contributed by atoms with van der Waals surface area (Å²) in [6, 6.07) is 0.372. The predicted octanol–water partition coefficient (Wildman–Crippen LogP) is 2.98. The molecule has 1 unspecified atom stereocenters. The maximum absolute atomic E-state index is 5.58. The van der Waals surface area contributed by atoms with Crippen LogP contribution in [0, 0.1) is 6.92 Å². The molecule has 0 spiro atoms. The summed E-state index contributed by atoms with van der Waals surface area (Å²) >= 11 is 1.77. The van der Waals surface area contributed by atoms with E-state index in [9.17, 15) is 0 Å². The van der Waals surface area contributed by atoms with Gasteiger partial charge in [-0.25, -0.2) is 4.98 Å². The first-order chi connectivity index (χ1) is 8.95. The molecule has 1 atom stereocenters. The fourth-order valence-corrected chi connectivity index (χ4v) is 2.96. The summed E-state index contributed by atoms with van der Waals surface area (Å²) in [4.78, 5) is 8.16. The van der Waals surface area contributed by atoms with E-state index < -0.39 is 0 Å². The van der Waals surface area contributed by atoms with Crippen LogP contribution in [0.5, 0.6) is 0 Å². The number of thiazole rings is 1. The normalized spacial score (nSPS) is 13.0. The molecule has 0 radical (unpaired) electrons. The summed E-state index contributed by atoms with van der Waals surface area (Å²) in [6.45, 7) is 13.1. The van der Waals surface area contributed by atoms with Crippen molar-refractivity contribution in [1.82, 2.24) is 10.3 Å². The van der Waals surface area contributed by atoms with Crippen LogP contribution in [0.1, 0.15) is 44.3 Å². The summed E-state index contributed by atoms with van der Waals surface area (Å²) in [5.74, 6) is 0. The largest absolute Gasteiger partial charge is 0.377 e. The maximum Gasteiger partial charge on any atom is 0.185 e. The lowest BCUT2D eigenvalue weighted by molar-refractivity contribution is 0.0846. The molecule has 0 amide bonds. The average molecular weight is 285 g/mol. The van der Waals surface area contributed by atoms with Gasteiger partial charge in [0.1, 0.15) is 0 Å². The lowest BCUT2D eigenvalue weighted by Gasteiger charge is -2.16. The molecule has 1 aromatic heterocycles. The van der Waals surface area contributed by atoms with Crippen LogP contribution in [-0.4, -0.2) is 37.8 Å². The molecule has 4 nitrogen and oxygen atoms in total. The number of hydrogen-bond acceptors (Lipinski definition) is 5. The quantitative estimate of drug-likeness (QED) is 0.797. The Kier molecular flexibility index (Phi) is 6.75. The van der Waals surface area contributed by atoms with E-state index in [1.807, 2.05) is 0 Å². The van der Waals surface area contributed by atoms with Gasteiger partial charge in [0.15, 0.2) is 5.13 Å². The summed E-state index contributed by atoms with van der Waals surface area (Å²) < 4.78 is 5.58. The number of aryl methyl sites for hydroxylation is 1. The highest BCUT2D eigenvalue weighted by atomic mass is 32.1. The average Bonchev–Trinajstić information content (AvgIpc) is 2.71. The van der Waals surface area contributed by atoms with E-state index in [1.54, 1.807) is 11.3 Å². The van der Waals surface area contributed by atoms with E-state index >= 15 is 0 Å². The first kappa shape index (κ1) is 16.4. The molecular weight excluding hydrogens is 258 g/mol. The van der Waals surface area contributed by atoms with Crippen molar-refractivity contribution < 1.29 is 4.74 Å². The molecule has 1 heterocycles. The Morgan fingerprint density at radius 3 is 2.63 bits per heavy atom. The minimum absolute atomic E-state index is 0.288. The lowest BCUT2D eigenvalue weighted by Crippen LogP contribution is -2.23. The van der Waals surface area contributed by atoms with Crippen LogP contribution in [0.25, 0.3) is 0 Å². The second kappa shape index (κ2) is 7.82. The van der Waals surface area contributed by atoms with Crippen LogP contribution < -0.4 is 10.2 Å². The highest BCUT2D eigenvalue weighted by molar-refractivity contribution is 7.15. The number of likely N-dealkylation sites (N-methyl/N-ethyl adjacent to an activating group) is 1. The van der Waals surface area contributed by atoms with Crippen molar-refractivity contribution >= 4 is 16.5 Å². The Balaban J connectivity index is 2.61. The van der Waals surface area contributed by atoms with Crippen LogP contribution >= 0.6 is 11.3 Å². The second-order valence-electron chi connectivity index (χ2n) is 5.07. The summed E-state index contributed by atoms with van der Waals surface area (Å²) in [5.41, 5.74) is 1.13. The first-order valence-corrected chi connectivity index (χ1v) is 7.80. The number of rotatable bonds is 8. The number of nitrogens with one attached hydrogen (secondary N) is 1. The third-order valence-electron chi connectivity index (χ3n) is 2.93. The van der Waals surface area contributed by atoms with Crippen molar-refractivity contribution in [1.29, 1.82) is 0 Å². The van der Waals surface area contributed by atoms with Crippen LogP contribution in [0.15, 0.2) is 0 Å². The molecular formula is C14H27N3OS. The van der Waals surface area contributed by atoms with Gasteiger partial charge in [-0.1, -0.05) is 6.92 Å². The Hall–Kier alpha value is -0.650. The van der Waals surface area contributed by atoms with E-state index in [4.69, 9.17) is 4.74 Å². The van der Waals surface area contributed by atoms with Gasteiger partial charge in [-0.3, -0.25) is 0 Å². The van der Waals surface area contributed by atoms with Gasteiger partial charge in [0.05, 0.1) is 18.4 Å². The zero-order valence-electron chi connectivity index (χ0n) is 13.0. The molecule has 0 aromatic carbocycles. The molecule has 0 aliphatic carbocycles. The monoisotopic (exact) mass is 285 g/mol. The van der Waals surface area contributed by atoms with E-state index in [1.165, 1.54) is 4.88 Å². The van der Waals surface area contributed by atoms with Crippen molar-refractivity contribution in [3.63, 3.8) is 0 Å². The van der Waals surface area contributed by atoms with E-state index in [-0.39, 0.29) is 6.10 Å². The predicted molar refractivity (Wildman–Crippen MR) is 83.3 cm³/mol. The topological polar surface area (TPSA) is 37.4 Å².